The lowest BCUT2D eigenvalue weighted by atomic mass is 10.0. The van der Waals surface area contributed by atoms with Gasteiger partial charge in [0.2, 0.25) is 5.88 Å². The van der Waals surface area contributed by atoms with Gasteiger partial charge >= 0.3 is 0 Å². The molecular weight excluding hydrogens is 281 g/mol. The van der Waals surface area contributed by atoms with E-state index in [-0.39, 0.29) is 11.4 Å². The summed E-state index contributed by atoms with van der Waals surface area (Å²) in [6.45, 7) is 0. The SMILES string of the molecule is Nc1onc(-c2ccncc2F)c1-c1ccc(Cl)cc1. The minimum absolute atomic E-state index is 0.124. The van der Waals surface area contributed by atoms with Gasteiger partial charge in [0.15, 0.2) is 5.82 Å². The summed E-state index contributed by atoms with van der Waals surface area (Å²) in [6, 6.07) is 8.50. The van der Waals surface area contributed by atoms with Crippen LogP contribution in [0, 0.1) is 5.82 Å². The first-order valence-electron chi connectivity index (χ1n) is 5.78. The van der Waals surface area contributed by atoms with E-state index in [4.69, 9.17) is 21.9 Å². The van der Waals surface area contributed by atoms with Crippen molar-refractivity contribution < 1.29 is 8.91 Å². The van der Waals surface area contributed by atoms with E-state index in [0.717, 1.165) is 11.8 Å². The van der Waals surface area contributed by atoms with Crippen molar-refractivity contribution in [1.82, 2.24) is 10.1 Å². The molecule has 0 amide bonds. The minimum Gasteiger partial charge on any atom is -0.367 e. The van der Waals surface area contributed by atoms with Gasteiger partial charge in [-0.3, -0.25) is 4.98 Å². The average molecular weight is 290 g/mol. The molecule has 0 unspecified atom stereocenters. The lowest BCUT2D eigenvalue weighted by molar-refractivity contribution is 0.439. The Bertz CT molecular complexity index is 755. The first kappa shape index (κ1) is 12.6. The van der Waals surface area contributed by atoms with E-state index in [0.29, 0.717) is 16.3 Å². The zero-order valence-corrected chi connectivity index (χ0v) is 10.9. The predicted octanol–water partition coefficient (Wildman–Crippen LogP) is 3.78. The number of benzene rings is 1. The van der Waals surface area contributed by atoms with Crippen LogP contribution in [0.5, 0.6) is 0 Å². The quantitative estimate of drug-likeness (QED) is 0.780. The molecule has 100 valence electrons. The monoisotopic (exact) mass is 289 g/mol. The Balaban J connectivity index is 2.20. The van der Waals surface area contributed by atoms with E-state index < -0.39 is 5.82 Å². The van der Waals surface area contributed by atoms with Crippen LogP contribution in [0.4, 0.5) is 10.3 Å². The maximum absolute atomic E-state index is 13.8. The fourth-order valence-electron chi connectivity index (χ4n) is 1.95. The minimum atomic E-state index is -0.490. The van der Waals surface area contributed by atoms with Crippen LogP contribution >= 0.6 is 11.6 Å². The molecule has 6 heteroatoms. The number of nitrogens with zero attached hydrogens (tertiary/aromatic N) is 2. The van der Waals surface area contributed by atoms with Crippen molar-refractivity contribution in [1.29, 1.82) is 0 Å². The van der Waals surface area contributed by atoms with Gasteiger partial charge in [0.1, 0.15) is 5.69 Å². The molecule has 3 aromatic rings. The fraction of sp³-hybridized carbons (Fsp3) is 0. The van der Waals surface area contributed by atoms with Gasteiger partial charge in [0.25, 0.3) is 0 Å². The maximum Gasteiger partial charge on any atom is 0.230 e. The van der Waals surface area contributed by atoms with E-state index in [2.05, 4.69) is 10.1 Å². The van der Waals surface area contributed by atoms with E-state index in [9.17, 15) is 4.39 Å². The molecule has 0 bridgehead atoms. The van der Waals surface area contributed by atoms with E-state index in [1.165, 1.54) is 12.3 Å². The highest BCUT2D eigenvalue weighted by atomic mass is 35.5. The Hall–Kier alpha value is -2.40. The van der Waals surface area contributed by atoms with E-state index in [1.807, 2.05) is 0 Å². The van der Waals surface area contributed by atoms with Gasteiger partial charge in [0, 0.05) is 16.8 Å². The van der Waals surface area contributed by atoms with E-state index >= 15 is 0 Å². The summed E-state index contributed by atoms with van der Waals surface area (Å²) in [5.74, 6) is -0.366. The number of pyridine rings is 1. The summed E-state index contributed by atoms with van der Waals surface area (Å²) < 4.78 is 18.8. The molecule has 3 rings (SSSR count). The Kier molecular flexibility index (Phi) is 3.12. The summed E-state index contributed by atoms with van der Waals surface area (Å²) in [5.41, 5.74) is 7.70. The summed E-state index contributed by atoms with van der Waals surface area (Å²) in [4.78, 5) is 3.71. The van der Waals surface area contributed by atoms with Crippen LogP contribution in [0.1, 0.15) is 0 Å². The lowest BCUT2D eigenvalue weighted by Gasteiger charge is -2.03. The molecule has 0 saturated heterocycles. The molecule has 0 aliphatic rings. The van der Waals surface area contributed by atoms with Crippen molar-refractivity contribution >= 4 is 17.5 Å². The lowest BCUT2D eigenvalue weighted by Crippen LogP contribution is -1.90. The maximum atomic E-state index is 13.8. The molecule has 0 saturated carbocycles. The molecule has 20 heavy (non-hydrogen) atoms. The highest BCUT2D eigenvalue weighted by Crippen LogP contribution is 2.37. The van der Waals surface area contributed by atoms with Crippen molar-refractivity contribution in [2.75, 3.05) is 5.73 Å². The Labute approximate surface area is 119 Å². The molecule has 0 spiro atoms. The summed E-state index contributed by atoms with van der Waals surface area (Å²) in [7, 11) is 0. The number of anilines is 1. The normalized spacial score (nSPS) is 10.7. The molecule has 2 heterocycles. The van der Waals surface area contributed by atoms with Crippen LogP contribution in [-0.4, -0.2) is 10.1 Å². The van der Waals surface area contributed by atoms with Crippen molar-refractivity contribution in [2.24, 2.45) is 0 Å². The number of halogens is 2. The average Bonchev–Trinajstić information content (AvgIpc) is 2.82. The molecule has 0 aliphatic carbocycles. The number of hydrogen-bond donors (Lipinski definition) is 1. The summed E-state index contributed by atoms with van der Waals surface area (Å²) >= 11 is 5.86. The molecule has 2 N–H and O–H groups in total. The third-order valence-electron chi connectivity index (χ3n) is 2.88. The number of nitrogen functional groups attached to an aromatic ring is 1. The zero-order chi connectivity index (χ0) is 14.1. The number of nitrogens with two attached hydrogens (primary N) is 1. The highest BCUT2D eigenvalue weighted by Gasteiger charge is 2.19. The second kappa shape index (κ2) is 4.94. The van der Waals surface area contributed by atoms with Crippen molar-refractivity contribution in [2.45, 2.75) is 0 Å². The predicted molar refractivity (Wildman–Crippen MR) is 74.6 cm³/mol. The van der Waals surface area contributed by atoms with E-state index in [1.54, 1.807) is 24.3 Å². The van der Waals surface area contributed by atoms with Gasteiger partial charge in [-0.05, 0) is 23.8 Å². The number of aromatic nitrogens is 2. The fourth-order valence-corrected chi connectivity index (χ4v) is 2.08. The summed E-state index contributed by atoms with van der Waals surface area (Å²) in [5, 5.41) is 4.44. The first-order valence-corrected chi connectivity index (χ1v) is 6.15. The van der Waals surface area contributed by atoms with Crippen molar-refractivity contribution in [3.8, 4) is 22.4 Å². The molecule has 4 nitrogen and oxygen atoms in total. The Morgan fingerprint density at radius 1 is 1.15 bits per heavy atom. The highest BCUT2D eigenvalue weighted by molar-refractivity contribution is 6.30. The van der Waals surface area contributed by atoms with Crippen molar-refractivity contribution in [3.63, 3.8) is 0 Å². The van der Waals surface area contributed by atoms with Crippen LogP contribution in [0.15, 0.2) is 47.2 Å². The van der Waals surface area contributed by atoms with Crippen LogP contribution in [0.2, 0.25) is 5.02 Å². The van der Waals surface area contributed by atoms with Crippen LogP contribution < -0.4 is 5.73 Å². The standard InChI is InChI=1S/C14H9ClFN3O/c15-9-3-1-8(2-4-9)12-13(19-20-14(12)17)10-5-6-18-7-11(10)16/h1-7H,17H2. The van der Waals surface area contributed by atoms with Gasteiger partial charge in [-0.1, -0.05) is 28.9 Å². The Morgan fingerprint density at radius 2 is 1.90 bits per heavy atom. The smallest absolute Gasteiger partial charge is 0.230 e. The Morgan fingerprint density at radius 3 is 2.60 bits per heavy atom. The number of hydrogen-bond acceptors (Lipinski definition) is 4. The molecule has 0 radical (unpaired) electrons. The molecule has 0 atom stereocenters. The summed E-state index contributed by atoms with van der Waals surface area (Å²) in [6.07, 6.45) is 2.60. The molecule has 2 aromatic heterocycles. The zero-order valence-electron chi connectivity index (χ0n) is 10.2. The number of rotatable bonds is 2. The second-order valence-electron chi connectivity index (χ2n) is 4.13. The largest absolute Gasteiger partial charge is 0.367 e. The topological polar surface area (TPSA) is 64.9 Å². The van der Waals surface area contributed by atoms with Gasteiger partial charge in [-0.15, -0.1) is 0 Å². The van der Waals surface area contributed by atoms with Crippen LogP contribution in [0.3, 0.4) is 0 Å². The van der Waals surface area contributed by atoms with Crippen LogP contribution in [0.25, 0.3) is 22.4 Å². The first-order chi connectivity index (χ1) is 9.66. The van der Waals surface area contributed by atoms with Crippen molar-refractivity contribution in [3.05, 3.63) is 53.6 Å². The van der Waals surface area contributed by atoms with Gasteiger partial charge < -0.3 is 10.3 Å². The van der Waals surface area contributed by atoms with Crippen LogP contribution in [-0.2, 0) is 0 Å². The second-order valence-corrected chi connectivity index (χ2v) is 4.57. The third kappa shape index (κ3) is 2.12. The van der Waals surface area contributed by atoms with Gasteiger partial charge in [-0.2, -0.15) is 0 Å². The van der Waals surface area contributed by atoms with Gasteiger partial charge in [0.05, 0.1) is 11.8 Å². The molecular formula is C14H9ClFN3O. The molecule has 0 aliphatic heterocycles. The molecule has 0 fully saturated rings. The molecule has 1 aromatic carbocycles. The van der Waals surface area contributed by atoms with Gasteiger partial charge in [-0.25, -0.2) is 4.39 Å². The third-order valence-corrected chi connectivity index (χ3v) is 3.13.